The normalized spacial score (nSPS) is 30.8. The number of carbonyl (C=O) groups excluding carboxylic acids is 2. The van der Waals surface area contributed by atoms with Crippen molar-refractivity contribution in [1.82, 2.24) is 19.8 Å². The molecule has 2 saturated heterocycles. The van der Waals surface area contributed by atoms with Crippen LogP contribution in [0.2, 0.25) is 0 Å². The second-order valence-corrected chi connectivity index (χ2v) is 14.1. The van der Waals surface area contributed by atoms with E-state index in [2.05, 4.69) is 31.4 Å². The number of likely N-dealkylation sites (N-methyl/N-ethyl adjacent to an activating group) is 1. The summed E-state index contributed by atoms with van der Waals surface area (Å²) in [7, 11) is -2.26. The number of hydrogen-bond donors (Lipinski definition) is 2. The van der Waals surface area contributed by atoms with Gasteiger partial charge in [0.25, 0.3) is 5.91 Å². The lowest BCUT2D eigenvalue weighted by Gasteiger charge is -2.43. The summed E-state index contributed by atoms with van der Waals surface area (Å²) in [6, 6.07) is 6.27. The van der Waals surface area contributed by atoms with Crippen LogP contribution in [-0.4, -0.2) is 89.0 Å². The zero-order chi connectivity index (χ0) is 27.6. The van der Waals surface area contributed by atoms with Gasteiger partial charge < -0.3 is 20.3 Å². The highest BCUT2D eigenvalue weighted by molar-refractivity contribution is 7.89. The zero-order valence-corrected chi connectivity index (χ0v) is 23.9. The van der Waals surface area contributed by atoms with Crippen molar-refractivity contribution in [1.29, 1.82) is 0 Å². The molecular weight excluding hydrogens is 504 g/mol. The van der Waals surface area contributed by atoms with Crippen molar-refractivity contribution < 1.29 is 22.7 Å². The molecule has 2 fully saturated rings. The molecule has 2 unspecified atom stereocenters. The first-order chi connectivity index (χ1) is 17.9. The maximum absolute atomic E-state index is 13.7. The highest BCUT2D eigenvalue weighted by Crippen LogP contribution is 2.46. The smallest absolute Gasteiger partial charge is 0.253 e. The monoisotopic (exact) mass is 546 g/mol. The van der Waals surface area contributed by atoms with Crippen LogP contribution < -0.4 is 10.6 Å². The van der Waals surface area contributed by atoms with E-state index in [1.807, 2.05) is 0 Å². The number of carbonyl (C=O) groups is 2. The first-order valence-corrected chi connectivity index (χ1v) is 14.9. The van der Waals surface area contributed by atoms with Gasteiger partial charge in [0.05, 0.1) is 23.5 Å². The van der Waals surface area contributed by atoms with Crippen molar-refractivity contribution in [2.75, 3.05) is 59.5 Å². The maximum Gasteiger partial charge on any atom is 0.253 e. The number of rotatable bonds is 0. The molecule has 2 N–H and O–H groups in total. The summed E-state index contributed by atoms with van der Waals surface area (Å²) in [6.07, 6.45) is 5.89. The van der Waals surface area contributed by atoms with Gasteiger partial charge in [-0.15, -0.1) is 0 Å². The van der Waals surface area contributed by atoms with Gasteiger partial charge in [-0.3, -0.25) is 9.59 Å². The van der Waals surface area contributed by atoms with Crippen molar-refractivity contribution in [3.63, 3.8) is 0 Å². The summed E-state index contributed by atoms with van der Waals surface area (Å²) < 4.78 is 33.6. The number of ether oxygens (including phenoxy) is 1. The molecule has 10 heteroatoms. The lowest BCUT2D eigenvalue weighted by Crippen LogP contribution is -2.56. The minimum absolute atomic E-state index is 0.0153. The third kappa shape index (κ3) is 5.68. The van der Waals surface area contributed by atoms with E-state index in [1.54, 1.807) is 29.2 Å². The second-order valence-electron chi connectivity index (χ2n) is 12.1. The number of hydrogen-bond acceptors (Lipinski definition) is 6. The van der Waals surface area contributed by atoms with Crippen molar-refractivity contribution in [2.24, 2.45) is 16.2 Å². The van der Waals surface area contributed by atoms with Crippen molar-refractivity contribution in [3.05, 3.63) is 42.0 Å². The Morgan fingerprint density at radius 2 is 1.87 bits per heavy atom. The molecule has 3 heterocycles. The summed E-state index contributed by atoms with van der Waals surface area (Å²) >= 11 is 0. The Labute approximate surface area is 227 Å². The Kier molecular flexibility index (Phi) is 8.37. The molecule has 4 bridgehead atoms. The van der Waals surface area contributed by atoms with E-state index in [4.69, 9.17) is 4.74 Å². The molecule has 38 heavy (non-hydrogen) atoms. The Hall–Kier alpha value is -2.27. The largest absolute Gasteiger partial charge is 0.376 e. The summed E-state index contributed by atoms with van der Waals surface area (Å²) in [5.74, 6) is -0.208. The number of piperidine rings is 1. The van der Waals surface area contributed by atoms with E-state index in [9.17, 15) is 18.0 Å². The molecule has 1 aromatic carbocycles. The lowest BCUT2D eigenvalue weighted by molar-refractivity contribution is -0.137. The van der Waals surface area contributed by atoms with Crippen LogP contribution in [0.4, 0.5) is 0 Å². The van der Waals surface area contributed by atoms with Gasteiger partial charge in [0.2, 0.25) is 15.9 Å². The van der Waals surface area contributed by atoms with Crippen LogP contribution in [-0.2, 0) is 19.6 Å². The minimum Gasteiger partial charge on any atom is -0.376 e. The van der Waals surface area contributed by atoms with Crippen molar-refractivity contribution >= 4 is 21.8 Å². The Morgan fingerprint density at radius 1 is 1.08 bits per heavy atom. The van der Waals surface area contributed by atoms with Crippen molar-refractivity contribution in [2.45, 2.75) is 44.9 Å². The SMILES string of the molecule is CN1C/C=C/COCC2(CCCNC2)C(=O)NCC2(C(C)(C)C)CCN(C2)C(=O)c2cccc(c2)S1(=O)=O. The summed E-state index contributed by atoms with van der Waals surface area (Å²) in [5.41, 5.74) is -0.817. The minimum atomic E-state index is -3.78. The molecule has 4 rings (SSSR count). The topological polar surface area (TPSA) is 108 Å². The van der Waals surface area contributed by atoms with Gasteiger partial charge in [-0.1, -0.05) is 39.0 Å². The summed E-state index contributed by atoms with van der Waals surface area (Å²) in [5, 5.41) is 6.63. The average Bonchev–Trinajstić information content (AvgIpc) is 3.35. The van der Waals surface area contributed by atoms with Gasteiger partial charge in [-0.05, 0) is 49.4 Å². The van der Waals surface area contributed by atoms with Crippen LogP contribution in [0.5, 0.6) is 0 Å². The fourth-order valence-electron chi connectivity index (χ4n) is 5.72. The van der Waals surface area contributed by atoms with Gasteiger partial charge in [0.15, 0.2) is 0 Å². The maximum atomic E-state index is 13.7. The molecule has 0 aliphatic carbocycles. The first kappa shape index (κ1) is 28.7. The van der Waals surface area contributed by atoms with E-state index >= 15 is 0 Å². The first-order valence-electron chi connectivity index (χ1n) is 13.5. The third-order valence-corrected chi connectivity index (χ3v) is 10.5. The van der Waals surface area contributed by atoms with Crippen LogP contribution in [0.3, 0.4) is 0 Å². The van der Waals surface area contributed by atoms with Crippen LogP contribution in [0, 0.1) is 16.2 Å². The molecule has 0 radical (unpaired) electrons. The molecule has 2 amide bonds. The fraction of sp³-hybridized carbons (Fsp3) is 0.643. The number of sulfonamides is 1. The molecule has 210 valence electrons. The Bertz CT molecular complexity index is 1170. The van der Waals surface area contributed by atoms with Crippen LogP contribution in [0.15, 0.2) is 41.3 Å². The quantitative estimate of drug-likeness (QED) is 0.484. The van der Waals surface area contributed by atoms with E-state index in [1.165, 1.54) is 23.5 Å². The van der Waals surface area contributed by atoms with Gasteiger partial charge >= 0.3 is 0 Å². The number of nitrogens with one attached hydrogen (secondary N) is 2. The molecule has 0 aromatic heterocycles. The van der Waals surface area contributed by atoms with E-state index in [0.29, 0.717) is 31.7 Å². The molecule has 9 nitrogen and oxygen atoms in total. The highest BCUT2D eigenvalue weighted by atomic mass is 32.2. The Balaban J connectivity index is 1.68. The molecule has 3 aliphatic heterocycles. The molecule has 0 saturated carbocycles. The van der Waals surface area contributed by atoms with E-state index in [-0.39, 0.29) is 47.3 Å². The van der Waals surface area contributed by atoms with Crippen LogP contribution in [0.1, 0.15) is 50.4 Å². The zero-order valence-electron chi connectivity index (χ0n) is 23.1. The summed E-state index contributed by atoms with van der Waals surface area (Å²) in [6.45, 7) is 10.1. The second kappa shape index (κ2) is 11.1. The number of benzene rings is 1. The molecule has 1 spiro atoms. The predicted molar refractivity (Wildman–Crippen MR) is 146 cm³/mol. The van der Waals surface area contributed by atoms with Crippen molar-refractivity contribution in [3.8, 4) is 0 Å². The number of nitrogens with zero attached hydrogens (tertiary/aromatic N) is 2. The van der Waals surface area contributed by atoms with E-state index < -0.39 is 15.4 Å². The van der Waals surface area contributed by atoms with Gasteiger partial charge in [-0.2, -0.15) is 4.31 Å². The Morgan fingerprint density at radius 3 is 2.58 bits per heavy atom. The number of amides is 2. The highest BCUT2D eigenvalue weighted by Gasteiger charge is 2.49. The fourth-order valence-corrected chi connectivity index (χ4v) is 6.89. The lowest BCUT2D eigenvalue weighted by atomic mass is 9.65. The molecule has 3 aliphatic rings. The number of fused-ring (bicyclic) bond motifs is 4. The summed E-state index contributed by atoms with van der Waals surface area (Å²) in [4.78, 5) is 29.1. The van der Waals surface area contributed by atoms with Crippen LogP contribution in [0.25, 0.3) is 0 Å². The third-order valence-electron chi connectivity index (χ3n) is 8.68. The standard InChI is InChI=1S/C28H42N4O5S/c1-26(2,3)28-12-15-32(20-28)24(33)22-9-7-10-23(17-22)38(35,36)31(4)14-5-6-16-37-21-27(25(34)30-19-28)11-8-13-29-18-27/h5-7,9-10,17,29H,8,11-16,18-21H2,1-4H3,(H,30,34)/b6-5+. The van der Waals surface area contributed by atoms with E-state index in [0.717, 1.165) is 25.8 Å². The molecular formula is C28H42N4O5S. The average molecular weight is 547 g/mol. The van der Waals surface area contributed by atoms with Gasteiger partial charge in [0.1, 0.15) is 0 Å². The van der Waals surface area contributed by atoms with Gasteiger partial charge in [-0.25, -0.2) is 8.42 Å². The molecule has 1 aromatic rings. The predicted octanol–water partition coefficient (Wildman–Crippen LogP) is 2.26. The van der Waals surface area contributed by atoms with Gasteiger partial charge in [0, 0.05) is 50.7 Å². The van der Waals surface area contributed by atoms with Crippen LogP contribution >= 0.6 is 0 Å². The molecule has 2 atom stereocenters.